The van der Waals surface area contributed by atoms with Crippen molar-refractivity contribution < 1.29 is 35.2 Å². The number of hydrogen-bond acceptors (Lipinski definition) is 8. The largest absolute Gasteiger partial charge is 0.448 e. The number of benzene rings is 2. The second-order valence-corrected chi connectivity index (χ2v) is 10.8. The van der Waals surface area contributed by atoms with Crippen molar-refractivity contribution in [2.45, 2.75) is 16.5 Å². The lowest BCUT2D eigenvalue weighted by Gasteiger charge is -2.02. The molecule has 0 fully saturated rings. The van der Waals surface area contributed by atoms with Crippen molar-refractivity contribution in [3.63, 3.8) is 0 Å². The van der Waals surface area contributed by atoms with Gasteiger partial charge in [-0.2, -0.15) is 0 Å². The molecule has 0 radical (unpaired) electrons. The van der Waals surface area contributed by atoms with Crippen LogP contribution in [0.25, 0.3) is 11.4 Å². The summed E-state index contributed by atoms with van der Waals surface area (Å²) in [6, 6.07) is 13.5. The van der Waals surface area contributed by atoms with E-state index >= 15 is 0 Å². The number of aromatic nitrogens is 4. The Kier molecular flexibility index (Phi) is 6.28. The Labute approximate surface area is 197 Å². The van der Waals surface area contributed by atoms with Crippen molar-refractivity contribution in [2.24, 2.45) is 0 Å². The normalized spacial score (nSPS) is 12.2. The molecule has 35 heavy (non-hydrogen) atoms. The molecule has 184 valence electrons. The maximum Gasteiger partial charge on any atom is 0.448 e. The van der Waals surface area contributed by atoms with Crippen LogP contribution in [0.3, 0.4) is 0 Å². The van der Waals surface area contributed by atoms with Gasteiger partial charge in [-0.15, -0.1) is 0 Å². The van der Waals surface area contributed by atoms with Gasteiger partial charge in [0.25, 0.3) is 0 Å². The standard InChI is InChI=1S/C19H18N6O8S2/c1-20-34(28,29)16-18(26)32-22-24(16)14-7-3-12(4-8-14)11-13-5-9-15(10-6-13)25-17(19(27)33-23-25)35(30,31)21-2/h3-10,20-21H,11H2,1-2H3/p+2. The van der Waals surface area contributed by atoms with E-state index in [1.165, 1.54) is 14.1 Å². The fourth-order valence-electron chi connectivity index (χ4n) is 3.28. The number of nitrogens with zero attached hydrogens (tertiary/aromatic N) is 2. The van der Waals surface area contributed by atoms with Gasteiger partial charge in [0.2, 0.25) is 11.4 Å². The van der Waals surface area contributed by atoms with Gasteiger partial charge in [-0.05, 0) is 51.5 Å². The first kappa shape index (κ1) is 24.3. The Hall–Kier alpha value is -3.86. The van der Waals surface area contributed by atoms with E-state index in [0.29, 0.717) is 17.8 Å². The Morgan fingerprint density at radius 1 is 0.686 bits per heavy atom. The second kappa shape index (κ2) is 9.06. The van der Waals surface area contributed by atoms with Crippen molar-refractivity contribution in [1.29, 1.82) is 0 Å². The van der Waals surface area contributed by atoms with Crippen molar-refractivity contribution in [2.75, 3.05) is 14.1 Å². The van der Waals surface area contributed by atoms with Crippen LogP contribution < -0.4 is 30.1 Å². The first-order valence-corrected chi connectivity index (χ1v) is 12.9. The predicted molar refractivity (Wildman–Crippen MR) is 117 cm³/mol. The molecule has 4 rings (SSSR count). The first-order chi connectivity index (χ1) is 16.6. The highest BCUT2D eigenvalue weighted by molar-refractivity contribution is 7.89. The van der Waals surface area contributed by atoms with Crippen molar-refractivity contribution in [1.82, 2.24) is 20.0 Å². The molecule has 16 heteroatoms. The molecule has 0 saturated carbocycles. The van der Waals surface area contributed by atoms with Crippen LogP contribution >= 0.6 is 0 Å². The minimum absolute atomic E-state index is 0.363. The lowest BCUT2D eigenvalue weighted by Crippen LogP contribution is -2.43. The zero-order valence-corrected chi connectivity index (χ0v) is 19.9. The number of rotatable bonds is 8. The van der Waals surface area contributed by atoms with Crippen LogP contribution in [0.1, 0.15) is 11.1 Å². The third-order valence-electron chi connectivity index (χ3n) is 5.06. The summed E-state index contributed by atoms with van der Waals surface area (Å²) >= 11 is 0. The van der Waals surface area contributed by atoms with Crippen LogP contribution in [0, 0.1) is 0 Å². The third-order valence-corrected chi connectivity index (χ3v) is 7.85. The molecule has 0 saturated heterocycles. The van der Waals surface area contributed by atoms with Gasteiger partial charge in [0.1, 0.15) is 0 Å². The summed E-state index contributed by atoms with van der Waals surface area (Å²) < 4.78 is 64.0. The Bertz CT molecular complexity index is 1570. The molecule has 2 heterocycles. The van der Waals surface area contributed by atoms with Gasteiger partial charge in [0.15, 0.2) is 0 Å². The summed E-state index contributed by atoms with van der Waals surface area (Å²) in [5.41, 5.74) is 0.393. The smallest absolute Gasteiger partial charge is 0.281 e. The summed E-state index contributed by atoms with van der Waals surface area (Å²) in [7, 11) is -5.75. The van der Waals surface area contributed by atoms with Crippen LogP contribution in [0.15, 0.2) is 77.2 Å². The second-order valence-electron chi connectivity index (χ2n) is 7.17. The molecule has 0 aliphatic carbocycles. The molecule has 0 atom stereocenters. The van der Waals surface area contributed by atoms with E-state index in [-0.39, 0.29) is 0 Å². The molecule has 0 aliphatic heterocycles. The maximum atomic E-state index is 12.1. The number of aromatic amines is 2. The summed E-state index contributed by atoms with van der Waals surface area (Å²) in [5, 5.41) is 3.37. The van der Waals surface area contributed by atoms with Gasteiger partial charge in [-0.3, -0.25) is 9.05 Å². The van der Waals surface area contributed by atoms with Crippen molar-refractivity contribution in [3.8, 4) is 11.4 Å². The topological polar surface area (TPSA) is 192 Å². The summed E-state index contributed by atoms with van der Waals surface area (Å²) in [6.45, 7) is 0. The van der Waals surface area contributed by atoms with Gasteiger partial charge in [0, 0.05) is 24.3 Å². The molecule has 14 nitrogen and oxygen atoms in total. The highest BCUT2D eigenvalue weighted by atomic mass is 32.2. The molecule has 2 aromatic carbocycles. The zero-order chi connectivity index (χ0) is 25.4. The van der Waals surface area contributed by atoms with Crippen molar-refractivity contribution >= 4 is 20.0 Å². The van der Waals surface area contributed by atoms with Gasteiger partial charge in [0.05, 0.1) is 0 Å². The molecule has 0 amide bonds. The maximum absolute atomic E-state index is 12.1. The molecular formula is C19H20N6O8S2+2. The minimum atomic E-state index is -4.06. The fraction of sp³-hybridized carbons (Fsp3) is 0.158. The highest BCUT2D eigenvalue weighted by Crippen LogP contribution is 2.13. The minimum Gasteiger partial charge on any atom is -0.281 e. The van der Waals surface area contributed by atoms with E-state index in [0.717, 1.165) is 20.5 Å². The van der Waals surface area contributed by atoms with Crippen LogP contribution in [-0.4, -0.2) is 41.5 Å². The molecule has 0 bridgehead atoms. The van der Waals surface area contributed by atoms with E-state index in [9.17, 15) is 26.4 Å². The Balaban J connectivity index is 1.57. The average Bonchev–Trinajstić information content (AvgIpc) is 3.43. The van der Waals surface area contributed by atoms with Crippen LogP contribution in [-0.2, 0) is 26.5 Å². The SMILES string of the molecule is CNS(=O)(=O)c1c(=O)o[nH][n+]1-c1ccc(Cc2ccc(-[n+]3[nH]oc(=O)c3S(=O)(=O)NC)cc2)cc1. The molecule has 2 aromatic heterocycles. The average molecular weight is 525 g/mol. The number of hydrogen-bond donors (Lipinski definition) is 4. The van der Waals surface area contributed by atoms with Gasteiger partial charge in [-0.1, -0.05) is 24.3 Å². The molecule has 0 spiro atoms. The van der Waals surface area contributed by atoms with Crippen LogP contribution in [0.2, 0.25) is 0 Å². The molecule has 0 unspecified atom stereocenters. The van der Waals surface area contributed by atoms with Crippen molar-refractivity contribution in [3.05, 3.63) is 80.5 Å². The Morgan fingerprint density at radius 3 is 1.34 bits per heavy atom. The highest BCUT2D eigenvalue weighted by Gasteiger charge is 2.36. The van der Waals surface area contributed by atoms with E-state index in [1.807, 2.05) is 0 Å². The molecule has 0 aliphatic rings. The van der Waals surface area contributed by atoms with Gasteiger partial charge >= 0.3 is 41.3 Å². The quantitative estimate of drug-likeness (QED) is 0.194. The number of sulfonamides is 2. The van der Waals surface area contributed by atoms with E-state index in [1.54, 1.807) is 48.5 Å². The lowest BCUT2D eigenvalue weighted by atomic mass is 10.0. The predicted octanol–water partition coefficient (Wildman–Crippen LogP) is -1.79. The number of nitrogens with one attached hydrogen (secondary N) is 4. The van der Waals surface area contributed by atoms with Gasteiger partial charge in [-0.25, -0.2) is 35.9 Å². The van der Waals surface area contributed by atoms with Crippen LogP contribution in [0.4, 0.5) is 0 Å². The van der Waals surface area contributed by atoms with E-state index < -0.39 is 41.3 Å². The molecule has 4 N–H and O–H groups in total. The van der Waals surface area contributed by atoms with E-state index in [2.05, 4.69) is 29.0 Å². The Morgan fingerprint density at radius 2 is 1.03 bits per heavy atom. The number of H-pyrrole nitrogens is 2. The monoisotopic (exact) mass is 524 g/mol. The molecular weight excluding hydrogens is 504 g/mol. The summed E-state index contributed by atoms with van der Waals surface area (Å²) in [5.74, 6) is 0. The van der Waals surface area contributed by atoms with Crippen LogP contribution in [0.5, 0.6) is 0 Å². The fourth-order valence-corrected chi connectivity index (χ4v) is 4.96. The summed E-state index contributed by atoms with van der Waals surface area (Å²) in [4.78, 5) is 23.7. The first-order valence-electron chi connectivity index (χ1n) is 9.90. The zero-order valence-electron chi connectivity index (χ0n) is 18.3. The van der Waals surface area contributed by atoms with E-state index in [4.69, 9.17) is 0 Å². The summed E-state index contributed by atoms with van der Waals surface area (Å²) in [6.07, 6.45) is 0.489. The lowest BCUT2D eigenvalue weighted by molar-refractivity contribution is -0.705. The molecule has 4 aromatic rings. The van der Waals surface area contributed by atoms with Gasteiger partial charge < -0.3 is 0 Å². The third kappa shape index (κ3) is 4.59.